The van der Waals surface area contributed by atoms with E-state index in [9.17, 15) is 0 Å². The predicted molar refractivity (Wildman–Crippen MR) is 87.1 cm³/mol. The molecule has 0 aliphatic heterocycles. The number of nitrogens with one attached hydrogen (secondary N) is 1. The van der Waals surface area contributed by atoms with Crippen LogP contribution in [-0.4, -0.2) is 17.1 Å². The summed E-state index contributed by atoms with van der Waals surface area (Å²) in [6, 6.07) is 4.23. The highest BCUT2D eigenvalue weighted by Crippen LogP contribution is 2.23. The van der Waals surface area contributed by atoms with Gasteiger partial charge in [-0.3, -0.25) is 4.98 Å². The third kappa shape index (κ3) is 6.58. The number of pyridine rings is 1. The first kappa shape index (κ1) is 16.4. The highest BCUT2D eigenvalue weighted by molar-refractivity contribution is 5.13. The average molecular weight is 290 g/mol. The van der Waals surface area contributed by atoms with Crippen LogP contribution in [0.25, 0.3) is 0 Å². The molecule has 1 N–H and O–H groups in total. The molecule has 2 rings (SSSR count). The number of rotatable bonds is 6. The molecule has 1 heterocycles. The second-order valence-electron chi connectivity index (χ2n) is 7.28. The lowest BCUT2D eigenvalue weighted by molar-refractivity contribution is 0.0720. The van der Waals surface area contributed by atoms with E-state index < -0.39 is 0 Å². The zero-order valence-corrected chi connectivity index (χ0v) is 13.8. The first-order chi connectivity index (χ1) is 10.0. The molecular weight excluding hydrogens is 260 g/mol. The topological polar surface area (TPSA) is 34.1 Å². The van der Waals surface area contributed by atoms with Gasteiger partial charge in [-0.25, -0.2) is 0 Å². The smallest absolute Gasteiger partial charge is 0.0887 e. The van der Waals surface area contributed by atoms with Gasteiger partial charge in [0.15, 0.2) is 0 Å². The predicted octanol–water partition coefficient (Wildman–Crippen LogP) is 4.07. The number of hydrogen-bond acceptors (Lipinski definition) is 3. The fourth-order valence-corrected chi connectivity index (χ4v) is 2.70. The molecule has 1 saturated carbocycles. The van der Waals surface area contributed by atoms with Crippen LogP contribution in [0.15, 0.2) is 18.3 Å². The molecule has 1 aliphatic rings. The molecule has 3 nitrogen and oxygen atoms in total. The van der Waals surface area contributed by atoms with E-state index in [0.717, 1.165) is 24.8 Å². The van der Waals surface area contributed by atoms with Crippen molar-refractivity contribution in [2.24, 2.45) is 5.92 Å². The molecule has 21 heavy (non-hydrogen) atoms. The Morgan fingerprint density at radius 2 is 1.95 bits per heavy atom. The number of ether oxygens (including phenoxy) is 1. The molecular formula is C18H30N2O. The molecule has 0 bridgehead atoms. The van der Waals surface area contributed by atoms with E-state index in [2.05, 4.69) is 43.2 Å². The Bertz CT molecular complexity index is 402. The molecule has 1 aromatic heterocycles. The summed E-state index contributed by atoms with van der Waals surface area (Å²) in [4.78, 5) is 4.50. The summed E-state index contributed by atoms with van der Waals surface area (Å²) in [5, 5.41) is 3.47. The van der Waals surface area contributed by atoms with Gasteiger partial charge in [-0.05, 0) is 51.2 Å². The summed E-state index contributed by atoms with van der Waals surface area (Å²) in [6.07, 6.45) is 8.79. The van der Waals surface area contributed by atoms with E-state index in [1.54, 1.807) is 0 Å². The third-order valence-electron chi connectivity index (χ3n) is 4.04. The third-order valence-corrected chi connectivity index (χ3v) is 4.04. The number of hydrogen-bond donors (Lipinski definition) is 1. The van der Waals surface area contributed by atoms with Crippen molar-refractivity contribution in [1.29, 1.82) is 0 Å². The van der Waals surface area contributed by atoms with Crippen molar-refractivity contribution in [3.05, 3.63) is 29.6 Å². The van der Waals surface area contributed by atoms with Crippen molar-refractivity contribution in [3.8, 4) is 0 Å². The van der Waals surface area contributed by atoms with Crippen molar-refractivity contribution in [2.45, 2.75) is 71.6 Å². The molecule has 0 amide bonds. The van der Waals surface area contributed by atoms with Crippen LogP contribution >= 0.6 is 0 Å². The summed E-state index contributed by atoms with van der Waals surface area (Å²) in [7, 11) is 0. The van der Waals surface area contributed by atoms with Crippen LogP contribution in [-0.2, 0) is 17.9 Å². The SMILES string of the molecule is CC(C)(C)NCc1ccc(COCC2CCCCC2)nc1. The van der Waals surface area contributed by atoms with Crippen LogP contribution in [0.2, 0.25) is 0 Å². The molecule has 3 heteroatoms. The van der Waals surface area contributed by atoms with Crippen LogP contribution in [0.4, 0.5) is 0 Å². The largest absolute Gasteiger partial charge is 0.375 e. The minimum atomic E-state index is 0.141. The molecule has 0 spiro atoms. The normalized spacial score (nSPS) is 17.1. The second-order valence-corrected chi connectivity index (χ2v) is 7.28. The van der Waals surface area contributed by atoms with Gasteiger partial charge in [-0.1, -0.05) is 25.3 Å². The minimum Gasteiger partial charge on any atom is -0.375 e. The monoisotopic (exact) mass is 290 g/mol. The summed E-state index contributed by atoms with van der Waals surface area (Å²) in [5.74, 6) is 0.772. The van der Waals surface area contributed by atoms with Crippen LogP contribution in [0, 0.1) is 5.92 Å². The molecule has 0 aromatic carbocycles. The van der Waals surface area contributed by atoms with Gasteiger partial charge in [-0.15, -0.1) is 0 Å². The lowest BCUT2D eigenvalue weighted by Crippen LogP contribution is -2.35. The Hall–Kier alpha value is -0.930. The molecule has 0 unspecified atom stereocenters. The first-order valence-corrected chi connectivity index (χ1v) is 8.29. The second kappa shape index (κ2) is 7.90. The Morgan fingerprint density at radius 1 is 1.19 bits per heavy atom. The molecule has 1 aliphatic carbocycles. The van der Waals surface area contributed by atoms with Crippen LogP contribution in [0.5, 0.6) is 0 Å². The van der Waals surface area contributed by atoms with Crippen molar-refractivity contribution < 1.29 is 4.74 Å². The molecule has 1 fully saturated rings. The Balaban J connectivity index is 1.69. The van der Waals surface area contributed by atoms with Gasteiger partial charge in [0.25, 0.3) is 0 Å². The van der Waals surface area contributed by atoms with Gasteiger partial charge in [-0.2, -0.15) is 0 Å². The van der Waals surface area contributed by atoms with E-state index in [0.29, 0.717) is 6.61 Å². The Labute approximate surface area is 129 Å². The van der Waals surface area contributed by atoms with Crippen molar-refractivity contribution >= 4 is 0 Å². The summed E-state index contributed by atoms with van der Waals surface area (Å²) in [6.45, 7) is 8.92. The zero-order valence-electron chi connectivity index (χ0n) is 13.8. The van der Waals surface area contributed by atoms with Crippen molar-refractivity contribution in [1.82, 2.24) is 10.3 Å². The maximum atomic E-state index is 5.84. The highest BCUT2D eigenvalue weighted by atomic mass is 16.5. The van der Waals surface area contributed by atoms with Crippen LogP contribution in [0.1, 0.15) is 64.1 Å². The molecule has 0 radical (unpaired) electrons. The lowest BCUT2D eigenvalue weighted by Gasteiger charge is -2.21. The average Bonchev–Trinajstić information content (AvgIpc) is 2.47. The zero-order chi connectivity index (χ0) is 15.1. The number of aromatic nitrogens is 1. The highest BCUT2D eigenvalue weighted by Gasteiger charge is 2.13. The molecule has 1 aromatic rings. The molecule has 118 valence electrons. The summed E-state index contributed by atoms with van der Waals surface area (Å²) >= 11 is 0. The first-order valence-electron chi connectivity index (χ1n) is 8.29. The standard InChI is InChI=1S/C18H30N2O/c1-18(2,3)20-12-16-9-10-17(19-11-16)14-21-13-15-7-5-4-6-8-15/h9-11,15,20H,4-8,12-14H2,1-3H3. The molecule has 0 saturated heterocycles. The number of nitrogens with zero attached hydrogens (tertiary/aromatic N) is 1. The quantitative estimate of drug-likeness (QED) is 0.857. The Kier molecular flexibility index (Phi) is 6.19. The minimum absolute atomic E-state index is 0.141. The van der Waals surface area contributed by atoms with E-state index >= 15 is 0 Å². The van der Waals surface area contributed by atoms with E-state index in [4.69, 9.17) is 4.74 Å². The van der Waals surface area contributed by atoms with Gasteiger partial charge < -0.3 is 10.1 Å². The van der Waals surface area contributed by atoms with Crippen LogP contribution < -0.4 is 5.32 Å². The van der Waals surface area contributed by atoms with Gasteiger partial charge in [0, 0.05) is 24.9 Å². The lowest BCUT2D eigenvalue weighted by atomic mass is 9.90. The van der Waals surface area contributed by atoms with E-state index in [1.807, 2.05) is 6.20 Å². The van der Waals surface area contributed by atoms with E-state index in [1.165, 1.54) is 37.7 Å². The van der Waals surface area contributed by atoms with Gasteiger partial charge in [0.2, 0.25) is 0 Å². The fraction of sp³-hybridized carbons (Fsp3) is 0.722. The Morgan fingerprint density at radius 3 is 2.57 bits per heavy atom. The maximum Gasteiger partial charge on any atom is 0.0887 e. The molecule has 0 atom stereocenters. The summed E-state index contributed by atoms with van der Waals surface area (Å²) in [5.41, 5.74) is 2.40. The van der Waals surface area contributed by atoms with E-state index in [-0.39, 0.29) is 5.54 Å². The van der Waals surface area contributed by atoms with Gasteiger partial charge >= 0.3 is 0 Å². The fourth-order valence-electron chi connectivity index (χ4n) is 2.70. The van der Waals surface area contributed by atoms with Gasteiger partial charge in [0.1, 0.15) is 0 Å². The summed E-state index contributed by atoms with van der Waals surface area (Å²) < 4.78 is 5.84. The van der Waals surface area contributed by atoms with Crippen LogP contribution in [0.3, 0.4) is 0 Å². The van der Waals surface area contributed by atoms with Gasteiger partial charge in [0.05, 0.1) is 12.3 Å². The van der Waals surface area contributed by atoms with Crippen molar-refractivity contribution in [2.75, 3.05) is 6.61 Å². The van der Waals surface area contributed by atoms with Crippen molar-refractivity contribution in [3.63, 3.8) is 0 Å². The maximum absolute atomic E-state index is 5.84.